The van der Waals surface area contributed by atoms with Crippen LogP contribution in [0.5, 0.6) is 0 Å². The molecule has 0 spiro atoms. The van der Waals surface area contributed by atoms with Gasteiger partial charge in [-0.05, 0) is 30.7 Å². The number of nitrogens with two attached hydrogens (primary N) is 1. The van der Waals surface area contributed by atoms with Gasteiger partial charge in [-0.1, -0.05) is 37.6 Å². The van der Waals surface area contributed by atoms with Crippen molar-refractivity contribution in [2.75, 3.05) is 5.73 Å². The van der Waals surface area contributed by atoms with Crippen molar-refractivity contribution >= 4 is 5.82 Å². The Morgan fingerprint density at radius 2 is 2.00 bits per heavy atom. The molecule has 1 fully saturated rings. The molecule has 1 aromatic heterocycles. The van der Waals surface area contributed by atoms with Gasteiger partial charge in [0.2, 0.25) is 0 Å². The number of hydrogen-bond donors (Lipinski definition) is 1. The molecule has 0 unspecified atom stereocenters. The predicted molar refractivity (Wildman–Crippen MR) is 77.9 cm³/mol. The Morgan fingerprint density at radius 3 is 2.68 bits per heavy atom. The van der Waals surface area contributed by atoms with Crippen LogP contribution in [0.2, 0.25) is 0 Å². The van der Waals surface area contributed by atoms with E-state index >= 15 is 0 Å². The maximum absolute atomic E-state index is 5.99. The summed E-state index contributed by atoms with van der Waals surface area (Å²) < 4.78 is 0. The van der Waals surface area contributed by atoms with Gasteiger partial charge in [0.1, 0.15) is 12.1 Å². The summed E-state index contributed by atoms with van der Waals surface area (Å²) in [5, 5.41) is 0. The molecule has 19 heavy (non-hydrogen) atoms. The normalized spacial score (nSPS) is 15.2. The van der Waals surface area contributed by atoms with Crippen molar-refractivity contribution in [1.29, 1.82) is 0 Å². The number of benzene rings is 1. The van der Waals surface area contributed by atoms with Crippen molar-refractivity contribution in [2.24, 2.45) is 0 Å². The number of aromatic nitrogens is 2. The van der Waals surface area contributed by atoms with Crippen LogP contribution in [0.15, 0.2) is 30.6 Å². The van der Waals surface area contributed by atoms with Gasteiger partial charge in [-0.3, -0.25) is 0 Å². The second-order valence-electron chi connectivity index (χ2n) is 5.15. The first kappa shape index (κ1) is 12.2. The van der Waals surface area contributed by atoms with Gasteiger partial charge in [0, 0.05) is 11.1 Å². The van der Waals surface area contributed by atoms with E-state index in [2.05, 4.69) is 41.2 Å². The molecule has 98 valence electrons. The van der Waals surface area contributed by atoms with Gasteiger partial charge in [-0.15, -0.1) is 0 Å². The van der Waals surface area contributed by atoms with Crippen LogP contribution in [0.3, 0.4) is 0 Å². The Balaban J connectivity index is 2.14. The van der Waals surface area contributed by atoms with E-state index in [-0.39, 0.29) is 0 Å². The molecule has 3 nitrogen and oxygen atoms in total. The molecule has 1 aliphatic rings. The molecule has 0 bridgehead atoms. The zero-order valence-corrected chi connectivity index (χ0v) is 11.3. The lowest BCUT2D eigenvalue weighted by Gasteiger charge is -2.28. The van der Waals surface area contributed by atoms with E-state index in [1.54, 1.807) is 6.33 Å². The van der Waals surface area contributed by atoms with Gasteiger partial charge in [0.25, 0.3) is 0 Å². The molecule has 1 saturated carbocycles. The molecule has 1 aromatic carbocycles. The summed E-state index contributed by atoms with van der Waals surface area (Å²) in [5.74, 6) is 1.30. The SMILES string of the molecule is CCc1c(N)ncnc1-c1ccccc1C1CCC1. The lowest BCUT2D eigenvalue weighted by atomic mass is 9.77. The van der Waals surface area contributed by atoms with Gasteiger partial charge < -0.3 is 5.73 Å². The van der Waals surface area contributed by atoms with Gasteiger partial charge in [0.15, 0.2) is 0 Å². The van der Waals surface area contributed by atoms with E-state index in [0.717, 1.165) is 17.7 Å². The van der Waals surface area contributed by atoms with Crippen LogP contribution in [0.25, 0.3) is 11.3 Å². The molecule has 1 aliphatic carbocycles. The largest absolute Gasteiger partial charge is 0.383 e. The van der Waals surface area contributed by atoms with Crippen molar-refractivity contribution in [1.82, 2.24) is 9.97 Å². The number of nitrogens with zero attached hydrogens (tertiary/aromatic N) is 2. The number of hydrogen-bond acceptors (Lipinski definition) is 3. The fraction of sp³-hybridized carbons (Fsp3) is 0.375. The summed E-state index contributed by atoms with van der Waals surface area (Å²) >= 11 is 0. The first-order valence-corrected chi connectivity index (χ1v) is 7.00. The lowest BCUT2D eigenvalue weighted by Crippen LogP contribution is -2.11. The topological polar surface area (TPSA) is 51.8 Å². The molecule has 3 heteroatoms. The summed E-state index contributed by atoms with van der Waals surface area (Å²) in [4.78, 5) is 8.60. The Hall–Kier alpha value is -1.90. The van der Waals surface area contributed by atoms with E-state index in [1.165, 1.54) is 30.4 Å². The number of rotatable bonds is 3. The molecule has 3 rings (SSSR count). The van der Waals surface area contributed by atoms with E-state index < -0.39 is 0 Å². The quantitative estimate of drug-likeness (QED) is 0.910. The lowest BCUT2D eigenvalue weighted by molar-refractivity contribution is 0.420. The van der Waals surface area contributed by atoms with Gasteiger partial charge in [0.05, 0.1) is 5.69 Å². The van der Waals surface area contributed by atoms with E-state index in [0.29, 0.717) is 11.7 Å². The van der Waals surface area contributed by atoms with Crippen LogP contribution in [-0.4, -0.2) is 9.97 Å². The highest BCUT2D eigenvalue weighted by molar-refractivity contribution is 5.71. The van der Waals surface area contributed by atoms with Crippen LogP contribution < -0.4 is 5.73 Å². The van der Waals surface area contributed by atoms with Crippen LogP contribution in [0.1, 0.15) is 43.2 Å². The third-order valence-electron chi connectivity index (χ3n) is 4.09. The Labute approximate surface area is 113 Å². The predicted octanol–water partition coefficient (Wildman–Crippen LogP) is 3.56. The molecule has 0 atom stereocenters. The standard InChI is InChI=1S/C16H19N3/c1-2-12-15(18-10-19-16(12)17)14-9-4-3-8-13(14)11-6-5-7-11/h3-4,8-11H,2,5-7H2,1H3,(H2,17,18,19). The van der Waals surface area contributed by atoms with E-state index in [1.807, 2.05) is 0 Å². The highest BCUT2D eigenvalue weighted by Crippen LogP contribution is 2.41. The summed E-state index contributed by atoms with van der Waals surface area (Å²) in [6.45, 7) is 2.10. The maximum Gasteiger partial charge on any atom is 0.130 e. The zero-order valence-electron chi connectivity index (χ0n) is 11.3. The molecule has 0 saturated heterocycles. The van der Waals surface area contributed by atoms with Crippen molar-refractivity contribution in [3.05, 3.63) is 41.7 Å². The molecule has 2 N–H and O–H groups in total. The maximum atomic E-state index is 5.99. The summed E-state index contributed by atoms with van der Waals surface area (Å²) in [6, 6.07) is 8.59. The van der Waals surface area contributed by atoms with Crippen molar-refractivity contribution in [3.8, 4) is 11.3 Å². The third kappa shape index (κ3) is 2.09. The number of anilines is 1. The van der Waals surface area contributed by atoms with Crippen molar-refractivity contribution < 1.29 is 0 Å². The smallest absolute Gasteiger partial charge is 0.130 e. The Bertz CT molecular complexity index is 588. The molecule has 0 radical (unpaired) electrons. The molecule has 0 aliphatic heterocycles. The minimum atomic E-state index is 0.607. The molecule has 0 amide bonds. The average molecular weight is 253 g/mol. The van der Waals surface area contributed by atoms with Gasteiger partial charge in [-0.2, -0.15) is 0 Å². The van der Waals surface area contributed by atoms with Crippen LogP contribution in [0.4, 0.5) is 5.82 Å². The van der Waals surface area contributed by atoms with E-state index in [4.69, 9.17) is 5.73 Å². The fourth-order valence-corrected chi connectivity index (χ4v) is 2.79. The van der Waals surface area contributed by atoms with E-state index in [9.17, 15) is 0 Å². The number of nitrogen functional groups attached to an aromatic ring is 1. The molecular weight excluding hydrogens is 234 g/mol. The van der Waals surface area contributed by atoms with Gasteiger partial charge in [-0.25, -0.2) is 9.97 Å². The Morgan fingerprint density at radius 1 is 1.21 bits per heavy atom. The van der Waals surface area contributed by atoms with Crippen molar-refractivity contribution in [2.45, 2.75) is 38.5 Å². The summed E-state index contributed by atoms with van der Waals surface area (Å²) in [6.07, 6.45) is 6.35. The molecule has 1 heterocycles. The summed E-state index contributed by atoms with van der Waals surface area (Å²) in [5.41, 5.74) is 10.7. The third-order valence-corrected chi connectivity index (χ3v) is 4.09. The fourth-order valence-electron chi connectivity index (χ4n) is 2.79. The monoisotopic (exact) mass is 253 g/mol. The molecular formula is C16H19N3. The molecule has 2 aromatic rings. The first-order valence-electron chi connectivity index (χ1n) is 7.00. The zero-order chi connectivity index (χ0) is 13.2. The van der Waals surface area contributed by atoms with Gasteiger partial charge >= 0.3 is 0 Å². The van der Waals surface area contributed by atoms with Crippen LogP contribution in [-0.2, 0) is 6.42 Å². The summed E-state index contributed by atoms with van der Waals surface area (Å²) in [7, 11) is 0. The van der Waals surface area contributed by atoms with Crippen LogP contribution in [0, 0.1) is 0 Å². The second kappa shape index (κ2) is 5.00. The highest BCUT2D eigenvalue weighted by Gasteiger charge is 2.23. The minimum Gasteiger partial charge on any atom is -0.383 e. The average Bonchev–Trinajstić information content (AvgIpc) is 2.37. The van der Waals surface area contributed by atoms with Crippen molar-refractivity contribution in [3.63, 3.8) is 0 Å². The first-order chi connectivity index (χ1) is 9.31. The highest BCUT2D eigenvalue weighted by atomic mass is 14.9. The van der Waals surface area contributed by atoms with Crippen LogP contribution >= 0.6 is 0 Å². The second-order valence-corrected chi connectivity index (χ2v) is 5.15. The minimum absolute atomic E-state index is 0.607. The Kier molecular flexibility index (Phi) is 3.20.